The van der Waals surface area contributed by atoms with Crippen molar-refractivity contribution in [3.8, 4) is 5.75 Å². The fourth-order valence-electron chi connectivity index (χ4n) is 2.89. The molecule has 5 heteroatoms. The van der Waals surface area contributed by atoms with E-state index in [0.717, 1.165) is 31.5 Å². The maximum atomic E-state index is 11.2. The minimum absolute atomic E-state index is 0.151. The van der Waals surface area contributed by atoms with Gasteiger partial charge in [-0.15, -0.1) is 0 Å². The maximum Gasteiger partial charge on any atom is 0.188 e. The van der Waals surface area contributed by atoms with Crippen molar-refractivity contribution in [2.45, 2.75) is 25.4 Å². The van der Waals surface area contributed by atoms with Gasteiger partial charge >= 0.3 is 0 Å². The molecule has 1 aromatic carbocycles. The van der Waals surface area contributed by atoms with Gasteiger partial charge in [0.1, 0.15) is 5.75 Å². The highest BCUT2D eigenvalue weighted by Gasteiger charge is 2.20. The van der Waals surface area contributed by atoms with E-state index in [-0.39, 0.29) is 6.79 Å². The van der Waals surface area contributed by atoms with Crippen LogP contribution in [0, 0.1) is 0 Å². The number of carbonyl (C=O) groups excluding carboxylic acids is 1. The number of piperidine rings is 1. The Balaban J connectivity index is 1.94. The van der Waals surface area contributed by atoms with Gasteiger partial charge in [-0.05, 0) is 57.7 Å². The lowest BCUT2D eigenvalue weighted by molar-refractivity contribution is 0.0505. The molecule has 0 amide bonds. The molecule has 22 heavy (non-hydrogen) atoms. The number of hydrogen-bond donors (Lipinski definition) is 0. The van der Waals surface area contributed by atoms with E-state index < -0.39 is 0 Å². The van der Waals surface area contributed by atoms with Crippen LogP contribution in [-0.2, 0) is 11.3 Å². The van der Waals surface area contributed by atoms with Crippen molar-refractivity contribution in [1.82, 2.24) is 9.80 Å². The van der Waals surface area contributed by atoms with Crippen molar-refractivity contribution >= 4 is 6.29 Å². The monoisotopic (exact) mass is 306 g/mol. The number of ether oxygens (including phenoxy) is 2. The van der Waals surface area contributed by atoms with Crippen LogP contribution in [0.25, 0.3) is 0 Å². The summed E-state index contributed by atoms with van der Waals surface area (Å²) in [6, 6.07) is 6.48. The molecule has 1 saturated heterocycles. The maximum absolute atomic E-state index is 11.2. The van der Waals surface area contributed by atoms with Crippen LogP contribution in [0.2, 0.25) is 0 Å². The van der Waals surface area contributed by atoms with E-state index in [1.807, 2.05) is 18.2 Å². The molecule has 122 valence electrons. The Kier molecular flexibility index (Phi) is 6.36. The highest BCUT2D eigenvalue weighted by Crippen LogP contribution is 2.21. The zero-order valence-electron chi connectivity index (χ0n) is 13.7. The molecule has 0 saturated carbocycles. The van der Waals surface area contributed by atoms with E-state index in [9.17, 15) is 4.79 Å². The summed E-state index contributed by atoms with van der Waals surface area (Å²) in [6.45, 7) is 3.23. The average molecular weight is 306 g/mol. The predicted molar refractivity (Wildman–Crippen MR) is 86.3 cm³/mol. The number of nitrogens with zero attached hydrogens (tertiary/aromatic N) is 2. The van der Waals surface area contributed by atoms with Crippen molar-refractivity contribution in [1.29, 1.82) is 0 Å². The molecular weight excluding hydrogens is 280 g/mol. The second kappa shape index (κ2) is 8.27. The van der Waals surface area contributed by atoms with E-state index >= 15 is 0 Å². The van der Waals surface area contributed by atoms with Gasteiger partial charge in [-0.1, -0.05) is 6.07 Å². The number of rotatable bonds is 7. The zero-order chi connectivity index (χ0) is 15.9. The molecule has 1 aromatic rings. The summed E-state index contributed by atoms with van der Waals surface area (Å²) in [7, 11) is 5.86. The van der Waals surface area contributed by atoms with Crippen LogP contribution in [0.4, 0.5) is 0 Å². The molecule has 5 nitrogen and oxygen atoms in total. The van der Waals surface area contributed by atoms with Crippen molar-refractivity contribution in [2.24, 2.45) is 0 Å². The third-order valence-corrected chi connectivity index (χ3v) is 4.23. The summed E-state index contributed by atoms with van der Waals surface area (Å²) in [5, 5.41) is 0. The standard InChI is InChI=1S/C17H26N2O3/c1-18(2)16-6-8-19(9-7-16)11-14-4-5-17(22-13-21-3)15(10-14)12-20/h4-5,10,12,16H,6-9,11,13H2,1-3H3. The molecule has 0 radical (unpaired) electrons. The molecule has 0 atom stereocenters. The number of methoxy groups -OCH3 is 1. The van der Waals surface area contributed by atoms with E-state index in [1.165, 1.54) is 12.8 Å². The molecule has 0 aliphatic carbocycles. The summed E-state index contributed by atoms with van der Waals surface area (Å²) < 4.78 is 10.3. The van der Waals surface area contributed by atoms with Crippen molar-refractivity contribution in [2.75, 3.05) is 41.1 Å². The summed E-state index contributed by atoms with van der Waals surface area (Å²) in [5.41, 5.74) is 1.73. The highest BCUT2D eigenvalue weighted by molar-refractivity contribution is 5.79. The lowest BCUT2D eigenvalue weighted by Crippen LogP contribution is -2.41. The Labute approximate surface area is 132 Å². The number of benzene rings is 1. The van der Waals surface area contributed by atoms with Crippen molar-refractivity contribution < 1.29 is 14.3 Å². The van der Waals surface area contributed by atoms with Gasteiger partial charge in [0.05, 0.1) is 5.56 Å². The number of hydrogen-bond acceptors (Lipinski definition) is 5. The van der Waals surface area contributed by atoms with Gasteiger partial charge in [0, 0.05) is 19.7 Å². The molecule has 0 unspecified atom stereocenters. The molecule has 0 spiro atoms. The van der Waals surface area contributed by atoms with Crippen LogP contribution < -0.4 is 4.74 Å². The largest absolute Gasteiger partial charge is 0.467 e. The Morgan fingerprint density at radius 2 is 2.05 bits per heavy atom. The Bertz CT molecular complexity index is 483. The van der Waals surface area contributed by atoms with E-state index in [4.69, 9.17) is 9.47 Å². The van der Waals surface area contributed by atoms with Gasteiger partial charge in [-0.25, -0.2) is 0 Å². The van der Waals surface area contributed by atoms with E-state index in [2.05, 4.69) is 23.9 Å². The molecule has 1 fully saturated rings. The molecule has 0 bridgehead atoms. The SMILES string of the molecule is COCOc1ccc(CN2CCC(N(C)C)CC2)cc1C=O. The number of likely N-dealkylation sites (tertiary alicyclic amines) is 1. The smallest absolute Gasteiger partial charge is 0.188 e. The molecule has 0 N–H and O–H groups in total. The first kappa shape index (κ1) is 16.9. The van der Waals surface area contributed by atoms with Crippen LogP contribution in [0.15, 0.2) is 18.2 Å². The molecule has 1 aliphatic heterocycles. The summed E-state index contributed by atoms with van der Waals surface area (Å²) in [4.78, 5) is 16.0. The van der Waals surface area contributed by atoms with E-state index in [0.29, 0.717) is 17.4 Å². The van der Waals surface area contributed by atoms with Gasteiger partial charge in [0.15, 0.2) is 13.1 Å². The quantitative estimate of drug-likeness (QED) is 0.569. The van der Waals surface area contributed by atoms with Crippen LogP contribution >= 0.6 is 0 Å². The molecule has 1 aliphatic rings. The van der Waals surface area contributed by atoms with Gasteiger partial charge < -0.3 is 14.4 Å². The first-order chi connectivity index (χ1) is 10.6. The Morgan fingerprint density at radius 1 is 1.32 bits per heavy atom. The fraction of sp³-hybridized carbons (Fsp3) is 0.588. The van der Waals surface area contributed by atoms with Crippen LogP contribution in [0.5, 0.6) is 5.75 Å². The summed E-state index contributed by atoms with van der Waals surface area (Å²) in [6.07, 6.45) is 3.23. The Morgan fingerprint density at radius 3 is 2.64 bits per heavy atom. The van der Waals surface area contributed by atoms with Crippen molar-refractivity contribution in [3.63, 3.8) is 0 Å². The fourth-order valence-corrected chi connectivity index (χ4v) is 2.89. The zero-order valence-corrected chi connectivity index (χ0v) is 13.7. The third-order valence-electron chi connectivity index (χ3n) is 4.23. The predicted octanol–water partition coefficient (Wildman–Crippen LogP) is 2.01. The lowest BCUT2D eigenvalue weighted by atomic mass is 10.0. The topological polar surface area (TPSA) is 42.0 Å². The average Bonchev–Trinajstić information content (AvgIpc) is 2.54. The summed E-state index contributed by atoms with van der Waals surface area (Å²) >= 11 is 0. The second-order valence-electron chi connectivity index (χ2n) is 6.01. The second-order valence-corrected chi connectivity index (χ2v) is 6.01. The molecule has 1 heterocycles. The van der Waals surface area contributed by atoms with Gasteiger partial charge in [0.25, 0.3) is 0 Å². The van der Waals surface area contributed by atoms with Crippen LogP contribution in [-0.4, -0.2) is 63.2 Å². The van der Waals surface area contributed by atoms with Gasteiger partial charge in [0.2, 0.25) is 0 Å². The van der Waals surface area contributed by atoms with Crippen LogP contribution in [0.1, 0.15) is 28.8 Å². The molecule has 2 rings (SSSR count). The summed E-state index contributed by atoms with van der Waals surface area (Å²) in [5.74, 6) is 0.576. The molecule has 0 aromatic heterocycles. The first-order valence-electron chi connectivity index (χ1n) is 7.72. The third kappa shape index (κ3) is 4.53. The normalized spacial score (nSPS) is 16.9. The Hall–Kier alpha value is -1.43. The molecular formula is C17H26N2O3. The van der Waals surface area contributed by atoms with Gasteiger partial charge in [-0.2, -0.15) is 0 Å². The van der Waals surface area contributed by atoms with E-state index in [1.54, 1.807) is 7.11 Å². The minimum Gasteiger partial charge on any atom is -0.467 e. The lowest BCUT2D eigenvalue weighted by Gasteiger charge is -2.35. The highest BCUT2D eigenvalue weighted by atomic mass is 16.7. The number of carbonyl (C=O) groups is 1. The number of aldehydes is 1. The van der Waals surface area contributed by atoms with Gasteiger partial charge in [-0.3, -0.25) is 9.69 Å². The minimum atomic E-state index is 0.151. The first-order valence-corrected chi connectivity index (χ1v) is 7.72. The van der Waals surface area contributed by atoms with Crippen molar-refractivity contribution in [3.05, 3.63) is 29.3 Å². The van der Waals surface area contributed by atoms with Crippen LogP contribution in [0.3, 0.4) is 0 Å².